The Labute approximate surface area is 83.1 Å². The van der Waals surface area contributed by atoms with Gasteiger partial charge in [0.25, 0.3) is 0 Å². The van der Waals surface area contributed by atoms with Crippen LogP contribution in [0.15, 0.2) is 11.8 Å². The zero-order chi connectivity index (χ0) is 11.2. The summed E-state index contributed by atoms with van der Waals surface area (Å²) in [6.45, 7) is 5.12. The second-order valence-corrected chi connectivity index (χ2v) is 3.08. The smallest absolute Gasteiger partial charge is 0.337 e. The van der Waals surface area contributed by atoms with Crippen molar-refractivity contribution < 1.29 is 19.1 Å². The predicted molar refractivity (Wildman–Crippen MR) is 50.1 cm³/mol. The summed E-state index contributed by atoms with van der Waals surface area (Å²) >= 11 is 0. The molecule has 1 aliphatic rings. The van der Waals surface area contributed by atoms with Crippen LogP contribution >= 0.6 is 0 Å². The zero-order valence-electron chi connectivity index (χ0n) is 8.79. The van der Waals surface area contributed by atoms with E-state index in [4.69, 9.17) is 14.3 Å². The summed E-state index contributed by atoms with van der Waals surface area (Å²) in [6, 6.07) is 0. The molecule has 0 fully saturated rings. The first kappa shape index (κ1) is 12.5. The molecule has 1 heterocycles. The molecule has 0 aliphatic carbocycles. The minimum Gasteiger partial charge on any atom is -0.457 e. The second-order valence-electron chi connectivity index (χ2n) is 3.08. The fraction of sp³-hybridized carbons (Fsp3) is 0.556. The molecule has 0 spiro atoms. The van der Waals surface area contributed by atoms with Crippen molar-refractivity contribution in [3.8, 4) is 0 Å². The second kappa shape index (κ2) is 5.26. The summed E-state index contributed by atoms with van der Waals surface area (Å²) in [4.78, 5) is 19.8. The standard InChI is InChI=1S/C7H10O3.C2H5NO/c1-5-4-6(8)10-7(2,3)9-5;1-3-2-4/h4H,1-3H3;2H,1H3,(H,3,4). The topological polar surface area (TPSA) is 64.6 Å². The van der Waals surface area contributed by atoms with Crippen molar-refractivity contribution in [2.24, 2.45) is 0 Å². The molecule has 1 amide bonds. The van der Waals surface area contributed by atoms with Crippen LogP contribution in [0, 0.1) is 0 Å². The molecule has 1 N–H and O–H groups in total. The molecule has 0 aromatic carbocycles. The Morgan fingerprint density at radius 1 is 1.43 bits per heavy atom. The molecule has 0 bridgehead atoms. The van der Waals surface area contributed by atoms with Crippen LogP contribution in [0.1, 0.15) is 20.8 Å². The van der Waals surface area contributed by atoms with E-state index in [1.54, 1.807) is 27.8 Å². The lowest BCUT2D eigenvalue weighted by molar-refractivity contribution is -0.204. The molecular weight excluding hydrogens is 186 g/mol. The van der Waals surface area contributed by atoms with Crippen molar-refractivity contribution >= 4 is 12.4 Å². The molecular formula is C9H15NO4. The van der Waals surface area contributed by atoms with E-state index in [0.717, 1.165) is 0 Å². The third-order valence-electron chi connectivity index (χ3n) is 1.19. The van der Waals surface area contributed by atoms with Gasteiger partial charge in [0.15, 0.2) is 0 Å². The van der Waals surface area contributed by atoms with Crippen molar-refractivity contribution in [1.29, 1.82) is 0 Å². The highest BCUT2D eigenvalue weighted by Gasteiger charge is 2.27. The van der Waals surface area contributed by atoms with Gasteiger partial charge in [-0.3, -0.25) is 4.79 Å². The number of hydrogen-bond acceptors (Lipinski definition) is 4. The minimum absolute atomic E-state index is 0.339. The van der Waals surface area contributed by atoms with Crippen LogP contribution in [-0.2, 0) is 19.1 Å². The van der Waals surface area contributed by atoms with Gasteiger partial charge in [0.2, 0.25) is 12.2 Å². The summed E-state index contributed by atoms with van der Waals surface area (Å²) in [5.41, 5.74) is 0. The molecule has 1 aliphatic heterocycles. The number of nitrogens with one attached hydrogen (secondary N) is 1. The van der Waals surface area contributed by atoms with Crippen LogP contribution < -0.4 is 5.32 Å². The van der Waals surface area contributed by atoms with Gasteiger partial charge in [-0.1, -0.05) is 0 Å². The summed E-state index contributed by atoms with van der Waals surface area (Å²) < 4.78 is 9.97. The van der Waals surface area contributed by atoms with E-state index >= 15 is 0 Å². The highest BCUT2D eigenvalue weighted by Crippen LogP contribution is 2.20. The van der Waals surface area contributed by atoms with Gasteiger partial charge in [0.05, 0.1) is 6.08 Å². The molecule has 1 rings (SSSR count). The molecule has 0 aromatic heterocycles. The van der Waals surface area contributed by atoms with Gasteiger partial charge in [-0.05, 0) is 6.92 Å². The molecule has 14 heavy (non-hydrogen) atoms. The largest absolute Gasteiger partial charge is 0.457 e. The van der Waals surface area contributed by atoms with E-state index in [1.165, 1.54) is 6.08 Å². The van der Waals surface area contributed by atoms with Crippen molar-refractivity contribution in [3.63, 3.8) is 0 Å². The van der Waals surface area contributed by atoms with E-state index in [9.17, 15) is 4.79 Å². The third kappa shape index (κ3) is 5.18. The van der Waals surface area contributed by atoms with Crippen LogP contribution in [0.3, 0.4) is 0 Å². The highest BCUT2D eigenvalue weighted by molar-refractivity contribution is 5.83. The number of ether oxygens (including phenoxy) is 2. The first-order chi connectivity index (χ1) is 6.41. The predicted octanol–water partition coefficient (Wildman–Crippen LogP) is 0.562. The van der Waals surface area contributed by atoms with Gasteiger partial charge >= 0.3 is 5.97 Å². The van der Waals surface area contributed by atoms with Crippen molar-refractivity contribution in [3.05, 3.63) is 11.8 Å². The van der Waals surface area contributed by atoms with Gasteiger partial charge in [-0.15, -0.1) is 0 Å². The Morgan fingerprint density at radius 3 is 2.21 bits per heavy atom. The Bertz CT molecular complexity index is 245. The molecule has 0 atom stereocenters. The average molecular weight is 201 g/mol. The quantitative estimate of drug-likeness (QED) is 0.497. The average Bonchev–Trinajstić information content (AvgIpc) is 2.00. The monoisotopic (exact) mass is 201 g/mol. The van der Waals surface area contributed by atoms with Crippen LogP contribution in [-0.4, -0.2) is 25.2 Å². The fourth-order valence-corrected chi connectivity index (χ4v) is 0.876. The number of allylic oxidation sites excluding steroid dienone is 1. The maximum atomic E-state index is 10.7. The normalized spacial score (nSPS) is 17.7. The molecule has 0 unspecified atom stereocenters. The van der Waals surface area contributed by atoms with Crippen molar-refractivity contribution in [1.82, 2.24) is 5.32 Å². The van der Waals surface area contributed by atoms with E-state index in [1.807, 2.05) is 0 Å². The number of esters is 1. The molecule has 0 aromatic rings. The first-order valence-electron chi connectivity index (χ1n) is 4.12. The summed E-state index contributed by atoms with van der Waals surface area (Å²) in [7, 11) is 1.56. The molecule has 5 nitrogen and oxygen atoms in total. The fourth-order valence-electron chi connectivity index (χ4n) is 0.876. The molecule has 0 saturated carbocycles. The van der Waals surface area contributed by atoms with Gasteiger partial charge in [0.1, 0.15) is 5.76 Å². The number of amides is 1. The molecule has 5 heteroatoms. The van der Waals surface area contributed by atoms with E-state index < -0.39 is 5.79 Å². The zero-order valence-corrected chi connectivity index (χ0v) is 8.79. The number of rotatable bonds is 1. The van der Waals surface area contributed by atoms with E-state index in [0.29, 0.717) is 12.2 Å². The van der Waals surface area contributed by atoms with Crippen molar-refractivity contribution in [2.45, 2.75) is 26.6 Å². The number of carbonyl (C=O) groups is 2. The number of cyclic esters (lactones) is 1. The van der Waals surface area contributed by atoms with Gasteiger partial charge in [0, 0.05) is 20.9 Å². The Hall–Kier alpha value is -1.52. The van der Waals surface area contributed by atoms with Crippen LogP contribution in [0.5, 0.6) is 0 Å². The van der Waals surface area contributed by atoms with Gasteiger partial charge < -0.3 is 14.8 Å². The van der Waals surface area contributed by atoms with Crippen LogP contribution in [0.4, 0.5) is 0 Å². The van der Waals surface area contributed by atoms with Crippen LogP contribution in [0.25, 0.3) is 0 Å². The summed E-state index contributed by atoms with van der Waals surface area (Å²) in [5, 5.41) is 2.25. The number of carbonyl (C=O) groups excluding carboxylic acids is 2. The lowest BCUT2D eigenvalue weighted by atomic mass is 10.3. The number of hydrogen-bond donors (Lipinski definition) is 1. The minimum atomic E-state index is -0.796. The van der Waals surface area contributed by atoms with E-state index in [-0.39, 0.29) is 5.97 Å². The summed E-state index contributed by atoms with van der Waals surface area (Å²) in [6.07, 6.45) is 1.95. The molecule has 0 saturated heterocycles. The Kier molecular flexibility index (Phi) is 4.69. The van der Waals surface area contributed by atoms with Gasteiger partial charge in [-0.2, -0.15) is 0 Å². The SMILES string of the molecule is CC1=CC(=O)OC(C)(C)O1.CNC=O. The lowest BCUT2D eigenvalue weighted by Gasteiger charge is -2.29. The maximum absolute atomic E-state index is 10.7. The van der Waals surface area contributed by atoms with Crippen molar-refractivity contribution in [2.75, 3.05) is 7.05 Å². The molecule has 80 valence electrons. The Balaban J connectivity index is 0.000000364. The Morgan fingerprint density at radius 2 is 1.93 bits per heavy atom. The van der Waals surface area contributed by atoms with E-state index in [2.05, 4.69) is 5.32 Å². The highest BCUT2D eigenvalue weighted by atomic mass is 16.7. The lowest BCUT2D eigenvalue weighted by Crippen LogP contribution is -2.33. The third-order valence-corrected chi connectivity index (χ3v) is 1.19. The first-order valence-corrected chi connectivity index (χ1v) is 4.12. The maximum Gasteiger partial charge on any atom is 0.337 e. The summed E-state index contributed by atoms with van der Waals surface area (Å²) in [5.74, 6) is -0.536. The molecule has 0 radical (unpaired) electrons. The van der Waals surface area contributed by atoms with Gasteiger partial charge in [-0.25, -0.2) is 4.79 Å². The van der Waals surface area contributed by atoms with Crippen LogP contribution in [0.2, 0.25) is 0 Å².